The summed E-state index contributed by atoms with van der Waals surface area (Å²) in [6, 6.07) is 4.75. The van der Waals surface area contributed by atoms with Gasteiger partial charge in [-0.15, -0.1) is 0 Å². The van der Waals surface area contributed by atoms with E-state index in [4.69, 9.17) is 23.7 Å². The number of alkyl carbamates (subject to hydrolysis) is 1. The Morgan fingerprint density at radius 1 is 1.03 bits per heavy atom. The van der Waals surface area contributed by atoms with E-state index in [1.54, 1.807) is 52.8 Å². The molecule has 1 aliphatic heterocycles. The van der Waals surface area contributed by atoms with Crippen molar-refractivity contribution in [1.82, 2.24) is 5.32 Å². The molecule has 0 bridgehead atoms. The quantitative estimate of drug-likeness (QED) is 0.405. The molecule has 0 aliphatic carbocycles. The molecule has 0 saturated heterocycles. The van der Waals surface area contributed by atoms with Crippen LogP contribution in [0.25, 0.3) is 0 Å². The number of carbonyl (C=O) groups excluding carboxylic acids is 3. The molecule has 0 fully saturated rings. The summed E-state index contributed by atoms with van der Waals surface area (Å²) in [5.41, 5.74) is 0.205. The van der Waals surface area contributed by atoms with Crippen molar-refractivity contribution in [3.05, 3.63) is 23.8 Å². The normalized spacial score (nSPS) is 15.1. The fraction of sp³-hybridized carbons (Fsp3) is 0.571. The van der Waals surface area contributed by atoms with Crippen molar-refractivity contribution in [2.75, 3.05) is 13.2 Å². The van der Waals surface area contributed by atoms with Crippen LogP contribution in [0.2, 0.25) is 0 Å². The van der Waals surface area contributed by atoms with Crippen LogP contribution in [0.3, 0.4) is 0 Å². The number of hydrogen-bond acceptors (Lipinski definition) is 8. The van der Waals surface area contributed by atoms with Crippen molar-refractivity contribution in [2.24, 2.45) is 0 Å². The third kappa shape index (κ3) is 5.55. The molecule has 166 valence electrons. The van der Waals surface area contributed by atoms with Gasteiger partial charge in [0.05, 0.1) is 13.2 Å². The van der Waals surface area contributed by atoms with Gasteiger partial charge in [-0.05, 0) is 65.7 Å². The number of esters is 2. The standard InChI is InChI=1S/C21H29NO8/c1-7-26-17(23)21(18(24)27-8-2)28-15-10-9-14(12-16(15)29-21)11-13(3)22-19(25)30-20(4,5)6/h9-10,12-13H,7-8,11H2,1-6H3,(H,22,25)/t13-/m1/s1. The van der Waals surface area contributed by atoms with Crippen molar-refractivity contribution in [1.29, 1.82) is 0 Å². The summed E-state index contributed by atoms with van der Waals surface area (Å²) in [4.78, 5) is 36.8. The fourth-order valence-corrected chi connectivity index (χ4v) is 2.79. The average molecular weight is 423 g/mol. The molecule has 2 rings (SSSR count). The van der Waals surface area contributed by atoms with Gasteiger partial charge in [0.15, 0.2) is 11.5 Å². The first-order valence-corrected chi connectivity index (χ1v) is 9.85. The van der Waals surface area contributed by atoms with Gasteiger partial charge in [0.25, 0.3) is 0 Å². The van der Waals surface area contributed by atoms with Gasteiger partial charge in [0.1, 0.15) is 5.60 Å². The molecule has 1 aromatic carbocycles. The fourth-order valence-electron chi connectivity index (χ4n) is 2.79. The Kier molecular flexibility index (Phi) is 7.17. The van der Waals surface area contributed by atoms with E-state index in [1.165, 1.54) is 0 Å². The minimum absolute atomic E-state index is 0.0438. The highest BCUT2D eigenvalue weighted by molar-refractivity contribution is 6.03. The molecular weight excluding hydrogens is 394 g/mol. The Hall–Kier alpha value is -2.97. The second-order valence-electron chi connectivity index (χ2n) is 7.79. The first-order valence-electron chi connectivity index (χ1n) is 9.85. The second-order valence-corrected chi connectivity index (χ2v) is 7.79. The molecular formula is C21H29NO8. The van der Waals surface area contributed by atoms with Crippen LogP contribution in [0.1, 0.15) is 47.1 Å². The van der Waals surface area contributed by atoms with Crippen molar-refractivity contribution in [3.63, 3.8) is 0 Å². The summed E-state index contributed by atoms with van der Waals surface area (Å²) in [5, 5.41) is 2.76. The number of amides is 1. The van der Waals surface area contributed by atoms with Crippen LogP contribution in [-0.4, -0.2) is 48.7 Å². The van der Waals surface area contributed by atoms with Crippen molar-refractivity contribution in [2.45, 2.75) is 65.4 Å². The van der Waals surface area contributed by atoms with E-state index < -0.39 is 29.4 Å². The van der Waals surface area contributed by atoms with E-state index in [-0.39, 0.29) is 30.8 Å². The van der Waals surface area contributed by atoms with Gasteiger partial charge in [-0.2, -0.15) is 0 Å². The lowest BCUT2D eigenvalue weighted by Crippen LogP contribution is -2.55. The maximum atomic E-state index is 12.4. The SMILES string of the molecule is CCOC(=O)C1(C(=O)OCC)Oc2ccc(C[C@@H](C)NC(=O)OC(C)(C)C)cc2O1. The lowest BCUT2D eigenvalue weighted by Gasteiger charge is -2.22. The van der Waals surface area contributed by atoms with Gasteiger partial charge in [0, 0.05) is 6.04 Å². The molecule has 9 nitrogen and oxygen atoms in total. The zero-order valence-corrected chi connectivity index (χ0v) is 18.2. The summed E-state index contributed by atoms with van der Waals surface area (Å²) in [5.74, 6) is -3.87. The predicted octanol–water partition coefficient (Wildman–Crippen LogP) is 2.74. The molecule has 1 atom stereocenters. The largest absolute Gasteiger partial charge is 0.460 e. The minimum atomic E-state index is -2.33. The van der Waals surface area contributed by atoms with Crippen molar-refractivity contribution < 1.29 is 38.1 Å². The zero-order chi connectivity index (χ0) is 22.5. The number of fused-ring (bicyclic) bond motifs is 1. The lowest BCUT2D eigenvalue weighted by atomic mass is 10.1. The number of hydrogen-bond donors (Lipinski definition) is 1. The number of ether oxygens (including phenoxy) is 5. The third-order valence-electron chi connectivity index (χ3n) is 3.91. The van der Waals surface area contributed by atoms with Crippen LogP contribution >= 0.6 is 0 Å². The van der Waals surface area contributed by atoms with Crippen LogP contribution in [0, 0.1) is 0 Å². The second kappa shape index (κ2) is 9.23. The average Bonchev–Trinajstić information content (AvgIpc) is 3.00. The van der Waals surface area contributed by atoms with Crippen LogP contribution in [0.15, 0.2) is 18.2 Å². The molecule has 1 heterocycles. The number of nitrogens with one attached hydrogen (secondary N) is 1. The monoisotopic (exact) mass is 423 g/mol. The molecule has 1 amide bonds. The Morgan fingerprint density at radius 3 is 2.13 bits per heavy atom. The Bertz CT molecular complexity index is 781. The Balaban J connectivity index is 2.13. The summed E-state index contributed by atoms with van der Waals surface area (Å²) in [7, 11) is 0. The molecule has 0 unspecified atom stereocenters. The maximum absolute atomic E-state index is 12.4. The van der Waals surface area contributed by atoms with Crippen LogP contribution < -0.4 is 14.8 Å². The molecule has 1 aromatic rings. The van der Waals surface area contributed by atoms with Crippen LogP contribution in [0.5, 0.6) is 11.5 Å². The smallest absolute Gasteiger partial charge is 0.453 e. The van der Waals surface area contributed by atoms with Crippen LogP contribution in [0.4, 0.5) is 4.79 Å². The van der Waals surface area contributed by atoms with E-state index in [1.807, 2.05) is 6.92 Å². The summed E-state index contributed by atoms with van der Waals surface area (Å²) in [6.45, 7) is 10.5. The van der Waals surface area contributed by atoms with E-state index >= 15 is 0 Å². The van der Waals surface area contributed by atoms with E-state index in [2.05, 4.69) is 5.32 Å². The maximum Gasteiger partial charge on any atom is 0.453 e. The minimum Gasteiger partial charge on any atom is -0.460 e. The molecule has 1 N–H and O–H groups in total. The molecule has 30 heavy (non-hydrogen) atoms. The van der Waals surface area contributed by atoms with E-state index in [9.17, 15) is 14.4 Å². The van der Waals surface area contributed by atoms with Gasteiger partial charge < -0.3 is 29.0 Å². The predicted molar refractivity (Wildman–Crippen MR) is 106 cm³/mol. The molecule has 0 aromatic heterocycles. The molecule has 0 spiro atoms. The number of benzene rings is 1. The lowest BCUT2D eigenvalue weighted by molar-refractivity contribution is -0.202. The summed E-state index contributed by atoms with van der Waals surface area (Å²) >= 11 is 0. The molecule has 0 radical (unpaired) electrons. The summed E-state index contributed by atoms with van der Waals surface area (Å²) in [6.07, 6.45) is -0.0544. The third-order valence-corrected chi connectivity index (χ3v) is 3.91. The highest BCUT2D eigenvalue weighted by Gasteiger charge is 2.59. The highest BCUT2D eigenvalue weighted by Crippen LogP contribution is 2.41. The topological polar surface area (TPSA) is 109 Å². The van der Waals surface area contributed by atoms with Gasteiger partial charge in [0.2, 0.25) is 0 Å². The van der Waals surface area contributed by atoms with E-state index in [0.29, 0.717) is 6.42 Å². The van der Waals surface area contributed by atoms with Gasteiger partial charge in [-0.1, -0.05) is 6.07 Å². The molecule has 0 saturated carbocycles. The molecule has 1 aliphatic rings. The van der Waals surface area contributed by atoms with E-state index in [0.717, 1.165) is 5.56 Å². The van der Waals surface area contributed by atoms with Gasteiger partial charge in [-0.3, -0.25) is 0 Å². The first kappa shape index (κ1) is 23.3. The Morgan fingerprint density at radius 2 is 1.60 bits per heavy atom. The van der Waals surface area contributed by atoms with Crippen molar-refractivity contribution >= 4 is 18.0 Å². The summed E-state index contributed by atoms with van der Waals surface area (Å²) < 4.78 is 26.3. The number of rotatable bonds is 7. The van der Waals surface area contributed by atoms with Gasteiger partial charge >= 0.3 is 23.8 Å². The highest BCUT2D eigenvalue weighted by atomic mass is 16.8. The Labute approximate surface area is 176 Å². The number of carbonyl (C=O) groups is 3. The zero-order valence-electron chi connectivity index (χ0n) is 18.2. The van der Waals surface area contributed by atoms with Crippen molar-refractivity contribution in [3.8, 4) is 11.5 Å². The first-order chi connectivity index (χ1) is 14.0. The van der Waals surface area contributed by atoms with Gasteiger partial charge in [-0.25, -0.2) is 14.4 Å². The molecule has 9 heteroatoms. The van der Waals surface area contributed by atoms with Crippen LogP contribution in [-0.2, 0) is 30.2 Å².